The largest absolute Gasteiger partial charge is 1.00 e. The molecule has 0 aliphatic carbocycles. The Morgan fingerprint density at radius 1 is 1.42 bits per heavy atom. The molecular weight excluding hydrogens is 169 g/mol. The summed E-state index contributed by atoms with van der Waals surface area (Å²) >= 11 is 0. The van der Waals surface area contributed by atoms with E-state index < -0.39 is 0 Å². The van der Waals surface area contributed by atoms with E-state index in [1.807, 2.05) is 20.8 Å². The standard InChI is InChI=1S/C6H15N3O2.Na/c1-5-8(6(2,3)4)9(11)7-10;/h10H,5H2,1-4H3;/q;+1/p-1/b9-7-;. The number of nitrogens with zero attached hydrogens (tertiary/aromatic N) is 3. The van der Waals surface area contributed by atoms with Crippen molar-refractivity contribution in [1.82, 2.24) is 5.01 Å². The Bertz CT molecular complexity index is 155. The predicted molar refractivity (Wildman–Crippen MR) is 41.6 cm³/mol. The molecule has 0 aliphatic rings. The zero-order valence-corrected chi connectivity index (χ0v) is 10.4. The molecule has 12 heavy (non-hydrogen) atoms. The fourth-order valence-electron chi connectivity index (χ4n) is 0.896. The van der Waals surface area contributed by atoms with Crippen LogP contribution in [0.1, 0.15) is 27.7 Å². The number of hydrogen-bond donors (Lipinski definition) is 0. The van der Waals surface area contributed by atoms with E-state index >= 15 is 0 Å². The molecule has 66 valence electrons. The molecule has 0 unspecified atom stereocenters. The molecule has 0 amide bonds. The molecule has 0 radical (unpaired) electrons. The van der Waals surface area contributed by atoms with Gasteiger partial charge in [-0.05, 0) is 33.0 Å². The van der Waals surface area contributed by atoms with Gasteiger partial charge >= 0.3 is 29.6 Å². The van der Waals surface area contributed by atoms with Crippen molar-refractivity contribution in [2.75, 3.05) is 6.54 Å². The van der Waals surface area contributed by atoms with Crippen molar-refractivity contribution in [2.24, 2.45) is 5.28 Å². The van der Waals surface area contributed by atoms with Gasteiger partial charge in [0.2, 0.25) is 0 Å². The van der Waals surface area contributed by atoms with E-state index in [-0.39, 0.29) is 40.1 Å². The van der Waals surface area contributed by atoms with Crippen LogP contribution in [0.2, 0.25) is 0 Å². The van der Waals surface area contributed by atoms with Gasteiger partial charge in [0.1, 0.15) is 0 Å². The quantitative estimate of drug-likeness (QED) is 0.226. The van der Waals surface area contributed by atoms with Gasteiger partial charge in [0.25, 0.3) is 0 Å². The fourth-order valence-corrected chi connectivity index (χ4v) is 0.896. The molecule has 5 nitrogen and oxygen atoms in total. The van der Waals surface area contributed by atoms with E-state index in [1.54, 1.807) is 6.92 Å². The van der Waals surface area contributed by atoms with Crippen molar-refractivity contribution in [3.8, 4) is 0 Å². The maximum Gasteiger partial charge on any atom is 1.00 e. The van der Waals surface area contributed by atoms with Crippen molar-refractivity contribution in [3.05, 3.63) is 10.4 Å². The van der Waals surface area contributed by atoms with Crippen molar-refractivity contribution in [1.29, 1.82) is 0 Å². The third-order valence-electron chi connectivity index (χ3n) is 1.35. The van der Waals surface area contributed by atoms with Crippen LogP contribution in [0, 0.1) is 10.4 Å². The van der Waals surface area contributed by atoms with Gasteiger partial charge in [0.15, 0.2) is 0 Å². The average molecular weight is 183 g/mol. The second-order valence-electron chi connectivity index (χ2n) is 3.22. The van der Waals surface area contributed by atoms with Gasteiger partial charge in [-0.25, -0.2) is 0 Å². The maximum absolute atomic E-state index is 10.8. The fraction of sp³-hybridized carbons (Fsp3) is 1.00. The minimum absolute atomic E-state index is 0. The summed E-state index contributed by atoms with van der Waals surface area (Å²) in [5.74, 6) is 0. The minimum Gasteiger partial charge on any atom is -0.737 e. The molecule has 0 aromatic carbocycles. The first-order valence-electron chi connectivity index (χ1n) is 3.51. The first-order chi connectivity index (χ1) is 4.93. The van der Waals surface area contributed by atoms with Crippen molar-refractivity contribution in [3.63, 3.8) is 0 Å². The van der Waals surface area contributed by atoms with E-state index in [0.717, 1.165) is 0 Å². The SMILES string of the molecule is CCN(/[N+]([O-])=N/[O-])C(C)(C)C.[Na+]. The Morgan fingerprint density at radius 2 is 1.83 bits per heavy atom. The molecule has 0 rings (SSSR count). The summed E-state index contributed by atoms with van der Waals surface area (Å²) < 4.78 is 0. The molecule has 0 fully saturated rings. The van der Waals surface area contributed by atoms with Crippen LogP contribution in [0.5, 0.6) is 0 Å². The van der Waals surface area contributed by atoms with Gasteiger partial charge in [0, 0.05) is 4.97 Å². The van der Waals surface area contributed by atoms with Crippen molar-refractivity contribution in [2.45, 2.75) is 33.2 Å². The smallest absolute Gasteiger partial charge is 0.737 e. The van der Waals surface area contributed by atoms with Gasteiger partial charge < -0.3 is 10.4 Å². The maximum atomic E-state index is 10.8. The van der Waals surface area contributed by atoms with Gasteiger partial charge in [-0.3, -0.25) is 0 Å². The van der Waals surface area contributed by atoms with Crippen LogP contribution in [-0.4, -0.2) is 22.1 Å². The summed E-state index contributed by atoms with van der Waals surface area (Å²) in [6, 6.07) is 0. The Labute approximate surface area is 94.9 Å². The van der Waals surface area contributed by atoms with Crippen LogP contribution >= 0.6 is 0 Å². The third kappa shape index (κ3) is 4.13. The van der Waals surface area contributed by atoms with Crippen LogP contribution in [0.15, 0.2) is 5.28 Å². The van der Waals surface area contributed by atoms with E-state index in [0.29, 0.717) is 6.54 Å². The molecule has 0 spiro atoms. The molecule has 0 heterocycles. The molecule has 0 aromatic heterocycles. The van der Waals surface area contributed by atoms with Crippen LogP contribution < -0.4 is 29.6 Å². The van der Waals surface area contributed by atoms with Crippen LogP contribution in [0.25, 0.3) is 0 Å². The number of hydrazine groups is 1. The molecule has 6 heteroatoms. The molecule has 0 saturated heterocycles. The van der Waals surface area contributed by atoms with Crippen LogP contribution in [-0.2, 0) is 0 Å². The Balaban J connectivity index is 0. The van der Waals surface area contributed by atoms with Crippen molar-refractivity contribution < 1.29 is 34.5 Å². The summed E-state index contributed by atoms with van der Waals surface area (Å²) in [6.45, 7) is 7.78. The third-order valence-corrected chi connectivity index (χ3v) is 1.35. The monoisotopic (exact) mass is 183 g/mol. The Morgan fingerprint density at radius 3 is 1.92 bits per heavy atom. The van der Waals surface area contributed by atoms with Crippen LogP contribution in [0.3, 0.4) is 0 Å². The Hall–Kier alpha value is 0. The summed E-state index contributed by atoms with van der Waals surface area (Å²) in [5, 5.41) is 24.2. The molecule has 0 aromatic rings. The first kappa shape index (κ1) is 14.5. The molecule has 0 saturated carbocycles. The van der Waals surface area contributed by atoms with Gasteiger partial charge in [0.05, 0.1) is 12.1 Å². The summed E-state index contributed by atoms with van der Waals surface area (Å²) in [5.41, 5.74) is -0.357. The van der Waals surface area contributed by atoms with Crippen molar-refractivity contribution >= 4 is 0 Å². The number of rotatable bonds is 2. The predicted octanol–water partition coefficient (Wildman–Crippen LogP) is -1.51. The molecule has 0 aliphatic heterocycles. The molecule has 0 N–H and O–H groups in total. The van der Waals surface area contributed by atoms with Gasteiger partial charge in [-0.15, -0.1) is 5.01 Å². The summed E-state index contributed by atoms with van der Waals surface area (Å²) in [7, 11) is 0. The van der Waals surface area contributed by atoms with E-state index in [1.165, 1.54) is 5.01 Å². The Kier molecular flexibility index (Phi) is 6.79. The zero-order chi connectivity index (χ0) is 9.07. The second-order valence-corrected chi connectivity index (χ2v) is 3.22. The average Bonchev–Trinajstić information content (AvgIpc) is 1.86. The second kappa shape index (κ2) is 5.61. The molecule has 0 bridgehead atoms. The van der Waals surface area contributed by atoms with E-state index in [2.05, 4.69) is 5.28 Å². The van der Waals surface area contributed by atoms with Gasteiger partial charge in [-0.2, -0.15) is 0 Å². The van der Waals surface area contributed by atoms with Gasteiger partial charge in [-0.1, -0.05) is 0 Å². The topological polar surface area (TPSA) is 64.7 Å². The summed E-state index contributed by atoms with van der Waals surface area (Å²) in [6.07, 6.45) is 0. The van der Waals surface area contributed by atoms with Crippen LogP contribution in [0.4, 0.5) is 0 Å². The first-order valence-corrected chi connectivity index (χ1v) is 3.51. The molecular formula is C6H14N3NaO2. The normalized spacial score (nSPS) is 12.2. The molecule has 0 atom stereocenters. The number of hydrogen-bond acceptors (Lipinski definition) is 3. The summed E-state index contributed by atoms with van der Waals surface area (Å²) in [4.78, 5) is 0.0833. The minimum atomic E-state index is -0.357. The van der Waals surface area contributed by atoms with E-state index in [4.69, 9.17) is 0 Å². The van der Waals surface area contributed by atoms with E-state index in [9.17, 15) is 10.4 Å². The zero-order valence-electron chi connectivity index (χ0n) is 8.37.